The van der Waals surface area contributed by atoms with E-state index >= 15 is 0 Å². The molecule has 0 radical (unpaired) electrons. The van der Waals surface area contributed by atoms with E-state index < -0.39 is 23.9 Å². The third-order valence-corrected chi connectivity index (χ3v) is 5.12. The molecule has 1 heterocycles. The summed E-state index contributed by atoms with van der Waals surface area (Å²) >= 11 is 0. The van der Waals surface area contributed by atoms with E-state index in [0.29, 0.717) is 22.8 Å². The number of nitrogens with two attached hydrogens (primary N) is 1. The zero-order valence-electron chi connectivity index (χ0n) is 19.0. The summed E-state index contributed by atoms with van der Waals surface area (Å²) in [5.41, 5.74) is 9.70. The van der Waals surface area contributed by atoms with E-state index in [0.717, 1.165) is 18.9 Å². The lowest BCUT2D eigenvalue weighted by molar-refractivity contribution is 0.0917. The van der Waals surface area contributed by atoms with Crippen molar-refractivity contribution in [3.63, 3.8) is 0 Å². The Morgan fingerprint density at radius 2 is 2.09 bits per heavy atom. The lowest BCUT2D eigenvalue weighted by atomic mass is 10.1. The number of carbonyl (C=O) groups excluding carboxylic acids is 2. The Kier molecular flexibility index (Phi) is 8.31. The van der Waals surface area contributed by atoms with Crippen LogP contribution in [0.15, 0.2) is 53.4 Å². The number of ketones is 1. The van der Waals surface area contributed by atoms with E-state index in [-0.39, 0.29) is 23.9 Å². The van der Waals surface area contributed by atoms with Gasteiger partial charge in [0, 0.05) is 18.2 Å². The molecular weight excluding hydrogens is 441 g/mol. The van der Waals surface area contributed by atoms with Crippen LogP contribution in [0.4, 0.5) is 10.1 Å². The van der Waals surface area contributed by atoms with Gasteiger partial charge in [0.15, 0.2) is 5.78 Å². The van der Waals surface area contributed by atoms with Crippen LogP contribution >= 0.6 is 0 Å². The van der Waals surface area contributed by atoms with Crippen molar-refractivity contribution >= 4 is 23.6 Å². The molecule has 0 bridgehead atoms. The first-order chi connectivity index (χ1) is 16.3. The summed E-state index contributed by atoms with van der Waals surface area (Å²) in [6.07, 6.45) is 5.80. The highest BCUT2D eigenvalue weighted by molar-refractivity contribution is 5.97. The molecule has 1 aromatic carbocycles. The number of Topliss-reactive ketones (excluding diaryl/α,β-unsaturated/α-hetero) is 1. The first-order valence-electron chi connectivity index (χ1n) is 10.9. The Balaban J connectivity index is 1.51. The van der Waals surface area contributed by atoms with Crippen LogP contribution in [0.1, 0.15) is 47.5 Å². The largest absolute Gasteiger partial charge is 0.483 e. The second-order valence-electron chi connectivity index (χ2n) is 8.09. The maximum Gasteiger partial charge on any atom is 0.254 e. The third kappa shape index (κ3) is 6.85. The fraction of sp³-hybridized carbons (Fsp3) is 0.333. The average Bonchev–Trinajstić information content (AvgIpc) is 3.67. The summed E-state index contributed by atoms with van der Waals surface area (Å²) in [5, 5.41) is 15.4. The van der Waals surface area contributed by atoms with Crippen molar-refractivity contribution < 1.29 is 23.8 Å². The van der Waals surface area contributed by atoms with Crippen LogP contribution in [0.2, 0.25) is 0 Å². The van der Waals surface area contributed by atoms with Crippen LogP contribution in [-0.2, 0) is 0 Å². The second kappa shape index (κ2) is 11.4. The summed E-state index contributed by atoms with van der Waals surface area (Å²) in [6, 6.07) is 6.82. The van der Waals surface area contributed by atoms with Crippen molar-refractivity contribution in [2.24, 2.45) is 16.8 Å². The van der Waals surface area contributed by atoms with Gasteiger partial charge in [0.1, 0.15) is 23.4 Å². The molecule has 5 N–H and O–H groups in total. The quantitative estimate of drug-likeness (QED) is 0.225. The average molecular weight is 470 g/mol. The fourth-order valence-electron chi connectivity index (χ4n) is 2.91. The van der Waals surface area contributed by atoms with Gasteiger partial charge < -0.3 is 20.9 Å². The summed E-state index contributed by atoms with van der Waals surface area (Å²) in [5.74, 6) is -0.674. The highest BCUT2D eigenvalue weighted by Crippen LogP contribution is 2.32. The molecule has 0 spiro atoms. The molecule has 1 amide bonds. The predicted octanol–water partition coefficient (Wildman–Crippen LogP) is 2.63. The number of pyridine rings is 1. The molecule has 180 valence electrons. The smallest absolute Gasteiger partial charge is 0.254 e. The number of hydrogen-bond donors (Lipinski definition) is 4. The van der Waals surface area contributed by atoms with Crippen LogP contribution in [0.5, 0.6) is 5.75 Å². The number of carbonyl (C=O) groups is 2. The number of nitrogens with zero attached hydrogens (tertiary/aromatic N) is 2. The molecule has 1 aliphatic carbocycles. The first kappa shape index (κ1) is 24.8. The van der Waals surface area contributed by atoms with E-state index in [9.17, 15) is 14.0 Å². The normalized spacial score (nSPS) is 15.6. The number of ether oxygens (including phenoxy) is 1. The molecule has 1 saturated carbocycles. The van der Waals surface area contributed by atoms with Crippen LogP contribution in [0.25, 0.3) is 0 Å². The molecular formula is C24H28FN5O4. The van der Waals surface area contributed by atoms with E-state index in [1.54, 1.807) is 26.0 Å². The number of anilines is 1. The minimum absolute atomic E-state index is 0.0665. The molecule has 9 nitrogen and oxygen atoms in total. The summed E-state index contributed by atoms with van der Waals surface area (Å²) < 4.78 is 20.0. The van der Waals surface area contributed by atoms with Gasteiger partial charge in [-0.25, -0.2) is 9.37 Å². The number of aromatic nitrogens is 1. The molecule has 1 aromatic heterocycles. The summed E-state index contributed by atoms with van der Waals surface area (Å²) in [7, 11) is 0. The predicted molar refractivity (Wildman–Crippen MR) is 126 cm³/mol. The molecule has 0 saturated heterocycles. The van der Waals surface area contributed by atoms with Gasteiger partial charge in [0.25, 0.3) is 5.91 Å². The lowest BCUT2D eigenvalue weighted by Gasteiger charge is -2.14. The van der Waals surface area contributed by atoms with Gasteiger partial charge in [-0.15, -0.1) is 0 Å². The fourth-order valence-corrected chi connectivity index (χ4v) is 2.91. The van der Waals surface area contributed by atoms with Gasteiger partial charge in [0.2, 0.25) is 0 Å². The number of nitrogens with one attached hydrogen (secondary N) is 2. The van der Waals surface area contributed by atoms with Crippen LogP contribution in [-0.4, -0.2) is 46.7 Å². The standard InChI is InChI=1S/C24H28FN5O4/c1-14(13-31)29-24(33)19-7-5-17(11-20(19)25)30-28-10-9-21(26)15(2)34-18-6-8-22(27-12-18)23(32)16-3-4-16/h5-12,14-16,30-31H,3-4,13,26H2,1-2H3,(H,29,33)/t14-,15-/m1/s1. The number of allylic oxidation sites excluding steroid dienone is 1. The maximum atomic E-state index is 14.2. The molecule has 2 atom stereocenters. The molecule has 0 unspecified atom stereocenters. The van der Waals surface area contributed by atoms with Crippen LogP contribution in [0.3, 0.4) is 0 Å². The molecule has 10 heteroatoms. The lowest BCUT2D eigenvalue weighted by Crippen LogP contribution is -2.35. The van der Waals surface area contributed by atoms with E-state index in [1.165, 1.54) is 30.6 Å². The number of rotatable bonds is 11. The van der Waals surface area contributed by atoms with Gasteiger partial charge >= 0.3 is 0 Å². The molecule has 0 aliphatic heterocycles. The number of hydrogen-bond acceptors (Lipinski definition) is 8. The number of benzene rings is 1. The summed E-state index contributed by atoms with van der Waals surface area (Å²) in [4.78, 5) is 28.2. The number of hydrazone groups is 1. The van der Waals surface area contributed by atoms with Crippen LogP contribution in [0, 0.1) is 11.7 Å². The molecule has 2 aromatic rings. The van der Waals surface area contributed by atoms with E-state index in [1.807, 2.05) is 0 Å². The van der Waals surface area contributed by atoms with Crippen LogP contribution < -0.4 is 21.2 Å². The first-order valence-corrected chi connectivity index (χ1v) is 10.9. The number of aliphatic hydroxyl groups excluding tert-OH is 1. The van der Waals surface area contributed by atoms with Gasteiger partial charge in [-0.3, -0.25) is 15.0 Å². The number of halogens is 1. The van der Waals surface area contributed by atoms with Crippen molar-refractivity contribution in [2.75, 3.05) is 12.0 Å². The molecule has 1 fully saturated rings. The van der Waals surface area contributed by atoms with Gasteiger partial charge in [-0.1, -0.05) is 0 Å². The highest BCUT2D eigenvalue weighted by Gasteiger charge is 2.31. The maximum absolute atomic E-state index is 14.2. The topological polar surface area (TPSA) is 139 Å². The van der Waals surface area contributed by atoms with E-state index in [4.69, 9.17) is 15.6 Å². The Bertz CT molecular complexity index is 1080. The summed E-state index contributed by atoms with van der Waals surface area (Å²) in [6.45, 7) is 3.12. The molecule has 1 aliphatic rings. The van der Waals surface area contributed by atoms with Gasteiger partial charge in [-0.05, 0) is 63.1 Å². The SMILES string of the molecule is C[C@H](CO)NC(=O)c1ccc(NN=CC=C(N)[C@@H](C)Oc2ccc(C(=O)C3CC3)nc2)cc1F. The molecule has 3 rings (SSSR count). The second-order valence-corrected chi connectivity index (χ2v) is 8.09. The van der Waals surface area contributed by atoms with Crippen molar-refractivity contribution in [3.8, 4) is 5.75 Å². The third-order valence-electron chi connectivity index (χ3n) is 5.12. The number of amides is 1. The number of aliphatic hydroxyl groups is 1. The van der Waals surface area contributed by atoms with Crippen molar-refractivity contribution in [1.82, 2.24) is 10.3 Å². The zero-order chi connectivity index (χ0) is 24.7. The minimum Gasteiger partial charge on any atom is -0.483 e. The minimum atomic E-state index is -0.724. The Hall–Kier alpha value is -3.79. The Morgan fingerprint density at radius 1 is 1.32 bits per heavy atom. The Labute approximate surface area is 196 Å². The monoisotopic (exact) mass is 469 g/mol. The van der Waals surface area contributed by atoms with Crippen molar-refractivity contribution in [1.29, 1.82) is 0 Å². The Morgan fingerprint density at radius 3 is 2.71 bits per heavy atom. The van der Waals surface area contributed by atoms with Gasteiger partial charge in [-0.2, -0.15) is 5.10 Å². The molecule has 34 heavy (non-hydrogen) atoms. The van der Waals surface area contributed by atoms with Crippen molar-refractivity contribution in [3.05, 3.63) is 65.4 Å². The van der Waals surface area contributed by atoms with E-state index in [2.05, 4.69) is 20.8 Å². The highest BCUT2D eigenvalue weighted by atomic mass is 19.1. The zero-order valence-corrected chi connectivity index (χ0v) is 19.0. The van der Waals surface area contributed by atoms with Gasteiger partial charge in [0.05, 0.1) is 29.8 Å². The van der Waals surface area contributed by atoms with Crippen molar-refractivity contribution in [2.45, 2.75) is 38.8 Å².